The molecule has 2 aromatic rings. The average Bonchev–Trinajstić information content (AvgIpc) is 3.44. The molecule has 0 bridgehead atoms. The van der Waals surface area contributed by atoms with E-state index in [1.807, 2.05) is 0 Å². The summed E-state index contributed by atoms with van der Waals surface area (Å²) in [5.41, 5.74) is -0.712. The lowest BCUT2D eigenvalue weighted by molar-refractivity contribution is -0.137. The van der Waals surface area contributed by atoms with E-state index in [-0.39, 0.29) is 23.1 Å². The topological polar surface area (TPSA) is 29.5 Å². The van der Waals surface area contributed by atoms with Gasteiger partial charge in [0.2, 0.25) is 0 Å². The van der Waals surface area contributed by atoms with E-state index in [1.54, 1.807) is 0 Å². The second kappa shape index (κ2) is 7.54. The maximum absolute atomic E-state index is 12.8. The highest BCUT2D eigenvalue weighted by atomic mass is 19.4. The Morgan fingerprint density at radius 3 is 2.30 bits per heavy atom. The molecule has 0 saturated heterocycles. The molecule has 1 fully saturated rings. The van der Waals surface area contributed by atoms with Crippen LogP contribution in [0.25, 0.3) is 0 Å². The molecule has 8 heteroatoms. The van der Waals surface area contributed by atoms with Crippen LogP contribution in [-0.4, -0.2) is 29.8 Å². The molecule has 1 aliphatic rings. The molecular formula is C19H16F5NO2. The molecular weight excluding hydrogens is 369 g/mol. The molecule has 1 saturated carbocycles. The van der Waals surface area contributed by atoms with E-state index in [0.29, 0.717) is 12.8 Å². The van der Waals surface area contributed by atoms with Crippen molar-refractivity contribution in [3.8, 4) is 11.5 Å². The second-order valence-electron chi connectivity index (χ2n) is 6.24. The first kappa shape index (κ1) is 19.1. The van der Waals surface area contributed by atoms with Gasteiger partial charge in [0.25, 0.3) is 12.3 Å². The highest BCUT2D eigenvalue weighted by molar-refractivity contribution is 5.95. The molecule has 3 nitrogen and oxygen atoms in total. The molecule has 144 valence electrons. The number of alkyl halides is 5. The molecule has 0 N–H and O–H groups in total. The number of carbonyl (C=O) groups excluding carboxylic acids is 1. The van der Waals surface area contributed by atoms with Gasteiger partial charge >= 0.3 is 6.18 Å². The van der Waals surface area contributed by atoms with Crippen molar-refractivity contribution in [2.24, 2.45) is 0 Å². The smallest absolute Gasteiger partial charge is 0.416 e. The molecule has 0 radical (unpaired) electrons. The van der Waals surface area contributed by atoms with Gasteiger partial charge < -0.3 is 9.64 Å². The maximum atomic E-state index is 12.8. The predicted octanol–water partition coefficient (Wildman–Crippen LogP) is 5.37. The Morgan fingerprint density at radius 2 is 1.70 bits per heavy atom. The van der Waals surface area contributed by atoms with Crippen molar-refractivity contribution >= 4 is 5.91 Å². The molecule has 0 atom stereocenters. The minimum Gasteiger partial charge on any atom is -0.457 e. The fourth-order valence-corrected chi connectivity index (χ4v) is 2.66. The third-order valence-electron chi connectivity index (χ3n) is 4.06. The number of rotatable bonds is 6. The van der Waals surface area contributed by atoms with Gasteiger partial charge in [-0.15, -0.1) is 0 Å². The van der Waals surface area contributed by atoms with Crippen LogP contribution in [0.1, 0.15) is 28.8 Å². The fourth-order valence-electron chi connectivity index (χ4n) is 2.66. The molecule has 2 aromatic carbocycles. The van der Waals surface area contributed by atoms with Crippen LogP contribution in [-0.2, 0) is 6.18 Å². The van der Waals surface area contributed by atoms with Crippen LogP contribution in [0.2, 0.25) is 0 Å². The Morgan fingerprint density at radius 1 is 1.07 bits per heavy atom. The molecule has 27 heavy (non-hydrogen) atoms. The Labute approximate surface area is 152 Å². The van der Waals surface area contributed by atoms with E-state index >= 15 is 0 Å². The van der Waals surface area contributed by atoms with Crippen molar-refractivity contribution in [1.82, 2.24) is 4.90 Å². The summed E-state index contributed by atoms with van der Waals surface area (Å²) in [6.07, 6.45) is -5.78. The van der Waals surface area contributed by atoms with Crippen LogP contribution in [0, 0.1) is 0 Å². The van der Waals surface area contributed by atoms with Gasteiger partial charge in [0.15, 0.2) is 0 Å². The summed E-state index contributed by atoms with van der Waals surface area (Å²) in [7, 11) is 0. The third kappa shape index (κ3) is 4.96. The van der Waals surface area contributed by atoms with Gasteiger partial charge in [0.1, 0.15) is 11.5 Å². The van der Waals surface area contributed by atoms with Gasteiger partial charge in [-0.3, -0.25) is 4.79 Å². The molecule has 3 rings (SSSR count). The van der Waals surface area contributed by atoms with Gasteiger partial charge in [0.05, 0.1) is 12.1 Å². The van der Waals surface area contributed by atoms with Crippen molar-refractivity contribution in [2.45, 2.75) is 31.5 Å². The molecule has 1 amide bonds. The normalized spacial score (nSPS) is 14.3. The van der Waals surface area contributed by atoms with Gasteiger partial charge in [0, 0.05) is 11.6 Å². The van der Waals surface area contributed by atoms with E-state index in [4.69, 9.17) is 4.74 Å². The average molecular weight is 385 g/mol. The highest BCUT2D eigenvalue weighted by Gasteiger charge is 2.35. The first-order valence-corrected chi connectivity index (χ1v) is 8.28. The van der Waals surface area contributed by atoms with Gasteiger partial charge in [-0.25, -0.2) is 8.78 Å². The highest BCUT2D eigenvalue weighted by Crippen LogP contribution is 2.33. The van der Waals surface area contributed by atoms with Crippen LogP contribution < -0.4 is 4.74 Å². The number of halogens is 5. The number of hydrogen-bond donors (Lipinski definition) is 0. The minimum atomic E-state index is -4.50. The first-order valence-electron chi connectivity index (χ1n) is 8.28. The van der Waals surface area contributed by atoms with Gasteiger partial charge in [-0.05, 0) is 49.2 Å². The number of hydrogen-bond acceptors (Lipinski definition) is 2. The molecule has 0 spiro atoms. The summed E-state index contributed by atoms with van der Waals surface area (Å²) in [6, 6.07) is 9.91. The van der Waals surface area contributed by atoms with E-state index in [1.165, 1.54) is 36.4 Å². The van der Waals surface area contributed by atoms with Crippen LogP contribution in [0.4, 0.5) is 22.0 Å². The summed E-state index contributed by atoms with van der Waals surface area (Å²) in [5.74, 6) is -0.443. The number of amides is 1. The summed E-state index contributed by atoms with van der Waals surface area (Å²) >= 11 is 0. The molecule has 1 aliphatic carbocycles. The summed E-state index contributed by atoms with van der Waals surface area (Å²) < 4.78 is 69.3. The minimum absolute atomic E-state index is 0.0407. The van der Waals surface area contributed by atoms with Crippen molar-refractivity contribution in [2.75, 3.05) is 6.54 Å². The Kier molecular flexibility index (Phi) is 5.34. The number of benzene rings is 2. The maximum Gasteiger partial charge on any atom is 0.416 e. The van der Waals surface area contributed by atoms with Crippen molar-refractivity contribution in [3.05, 3.63) is 59.7 Å². The quantitative estimate of drug-likeness (QED) is 0.626. The van der Waals surface area contributed by atoms with Crippen molar-refractivity contribution in [3.63, 3.8) is 0 Å². The Hall–Kier alpha value is -2.64. The lowest BCUT2D eigenvalue weighted by atomic mass is 10.1. The lowest BCUT2D eigenvalue weighted by Crippen LogP contribution is -2.36. The van der Waals surface area contributed by atoms with Gasteiger partial charge in [-0.2, -0.15) is 13.2 Å². The number of nitrogens with zero attached hydrogens (tertiary/aromatic N) is 1. The van der Waals surface area contributed by atoms with E-state index in [0.717, 1.165) is 17.0 Å². The lowest BCUT2D eigenvalue weighted by Gasteiger charge is -2.22. The van der Waals surface area contributed by atoms with E-state index in [9.17, 15) is 26.7 Å². The summed E-state index contributed by atoms with van der Waals surface area (Å²) in [6.45, 7) is -0.651. The Bertz CT molecular complexity index is 818. The van der Waals surface area contributed by atoms with Crippen LogP contribution in [0.3, 0.4) is 0 Å². The SMILES string of the molecule is O=C(c1cccc(Oc2cccc(C(F)(F)F)c2)c1)N(CC(F)F)C1CC1. The monoisotopic (exact) mass is 385 g/mol. The third-order valence-corrected chi connectivity index (χ3v) is 4.06. The first-order chi connectivity index (χ1) is 12.7. The number of ether oxygens (including phenoxy) is 1. The van der Waals surface area contributed by atoms with Gasteiger partial charge in [-0.1, -0.05) is 12.1 Å². The Balaban J connectivity index is 1.78. The number of carbonyl (C=O) groups is 1. The fraction of sp³-hybridized carbons (Fsp3) is 0.316. The van der Waals surface area contributed by atoms with Crippen molar-refractivity contribution in [1.29, 1.82) is 0 Å². The molecule has 0 heterocycles. The van der Waals surface area contributed by atoms with E-state index in [2.05, 4.69) is 0 Å². The summed E-state index contributed by atoms with van der Waals surface area (Å²) in [4.78, 5) is 13.7. The zero-order chi connectivity index (χ0) is 19.6. The second-order valence-corrected chi connectivity index (χ2v) is 6.24. The standard InChI is InChI=1S/C19H16F5NO2/c20-17(21)11-25(14-7-8-14)18(26)12-3-1-5-15(9-12)27-16-6-2-4-13(10-16)19(22,23)24/h1-6,9-10,14,17H,7-8,11H2. The van der Waals surface area contributed by atoms with Crippen LogP contribution in [0.5, 0.6) is 11.5 Å². The van der Waals surface area contributed by atoms with E-state index < -0.39 is 30.6 Å². The molecule has 0 unspecified atom stereocenters. The largest absolute Gasteiger partial charge is 0.457 e. The summed E-state index contributed by atoms with van der Waals surface area (Å²) in [5, 5.41) is 0. The zero-order valence-electron chi connectivity index (χ0n) is 14.0. The molecule has 0 aliphatic heterocycles. The zero-order valence-corrected chi connectivity index (χ0v) is 14.0. The predicted molar refractivity (Wildman–Crippen MR) is 88.0 cm³/mol. The van der Waals surface area contributed by atoms with Crippen molar-refractivity contribution < 1.29 is 31.5 Å². The van der Waals surface area contributed by atoms with Crippen LogP contribution in [0.15, 0.2) is 48.5 Å². The molecule has 0 aromatic heterocycles. The van der Waals surface area contributed by atoms with Crippen LogP contribution >= 0.6 is 0 Å².